The number of para-hydroxylation sites is 1. The zero-order valence-electron chi connectivity index (χ0n) is 11.8. The van der Waals surface area contributed by atoms with Crippen molar-refractivity contribution < 1.29 is 14.6 Å². The maximum atomic E-state index is 11.5. The number of ether oxygens (including phenoxy) is 1. The first kappa shape index (κ1) is 13.2. The van der Waals surface area contributed by atoms with E-state index in [2.05, 4.69) is 19.9 Å². The molecular formula is C16H19NO3. The zero-order chi connectivity index (χ0) is 14.3. The van der Waals surface area contributed by atoms with Crippen molar-refractivity contribution in [1.29, 1.82) is 0 Å². The number of nitrogens with zero attached hydrogens (tertiary/aromatic N) is 1. The molecule has 0 spiro atoms. The number of aromatic nitrogens is 1. The monoisotopic (exact) mass is 273 g/mol. The summed E-state index contributed by atoms with van der Waals surface area (Å²) >= 11 is 0. The van der Waals surface area contributed by atoms with Gasteiger partial charge in [-0.15, -0.1) is 0 Å². The second kappa shape index (κ2) is 4.94. The number of carboxylic acids is 1. The molecule has 1 aromatic heterocycles. The van der Waals surface area contributed by atoms with Gasteiger partial charge in [-0.05, 0) is 24.0 Å². The minimum Gasteiger partial charge on any atom is -0.477 e. The number of fused-ring (bicyclic) bond motifs is 1. The summed E-state index contributed by atoms with van der Waals surface area (Å²) in [6, 6.07) is 7.82. The Morgan fingerprint density at radius 2 is 2.25 bits per heavy atom. The van der Waals surface area contributed by atoms with Gasteiger partial charge in [0.05, 0.1) is 11.6 Å². The maximum absolute atomic E-state index is 11.5. The third kappa shape index (κ3) is 2.10. The van der Waals surface area contributed by atoms with Crippen LogP contribution in [0.15, 0.2) is 24.3 Å². The summed E-state index contributed by atoms with van der Waals surface area (Å²) in [6.07, 6.45) is 1.15. The average Bonchev–Trinajstić information content (AvgIpc) is 2.72. The molecule has 0 aliphatic carbocycles. The standard InChI is InChI=1S/C16H19NO3/c1-10(2)13-5-3-4-11-8-14(16(18)19)17(15(11)13)9-12-6-7-20-12/h3-5,8,10,12H,6-7,9H2,1-2H3,(H,18,19). The number of benzene rings is 1. The molecule has 1 saturated heterocycles. The van der Waals surface area contributed by atoms with Crippen molar-refractivity contribution in [3.8, 4) is 0 Å². The zero-order valence-corrected chi connectivity index (χ0v) is 11.8. The maximum Gasteiger partial charge on any atom is 0.352 e. The molecular weight excluding hydrogens is 254 g/mol. The van der Waals surface area contributed by atoms with E-state index in [-0.39, 0.29) is 6.10 Å². The summed E-state index contributed by atoms with van der Waals surface area (Å²) in [5.41, 5.74) is 2.58. The molecule has 2 heterocycles. The van der Waals surface area contributed by atoms with Crippen LogP contribution in [0.4, 0.5) is 0 Å². The van der Waals surface area contributed by atoms with Gasteiger partial charge >= 0.3 is 5.97 Å². The Morgan fingerprint density at radius 1 is 1.50 bits per heavy atom. The number of aromatic carboxylic acids is 1. The third-order valence-corrected chi connectivity index (χ3v) is 3.97. The van der Waals surface area contributed by atoms with Gasteiger partial charge in [0.2, 0.25) is 0 Å². The molecule has 0 saturated carbocycles. The summed E-state index contributed by atoms with van der Waals surface area (Å²) in [4.78, 5) is 11.5. The first-order chi connectivity index (χ1) is 9.58. The lowest BCUT2D eigenvalue weighted by atomic mass is 10.0. The van der Waals surface area contributed by atoms with Crippen molar-refractivity contribution in [2.75, 3.05) is 6.61 Å². The molecule has 1 aromatic carbocycles. The van der Waals surface area contributed by atoms with E-state index < -0.39 is 5.97 Å². The number of rotatable bonds is 4. The van der Waals surface area contributed by atoms with Crippen molar-refractivity contribution in [2.24, 2.45) is 0 Å². The van der Waals surface area contributed by atoms with Crippen LogP contribution in [0, 0.1) is 0 Å². The van der Waals surface area contributed by atoms with Crippen LogP contribution < -0.4 is 0 Å². The molecule has 3 rings (SSSR count). The van der Waals surface area contributed by atoms with Crippen LogP contribution in [0.25, 0.3) is 10.9 Å². The topological polar surface area (TPSA) is 51.5 Å². The molecule has 4 nitrogen and oxygen atoms in total. The minimum atomic E-state index is -0.879. The molecule has 0 amide bonds. The van der Waals surface area contributed by atoms with E-state index in [4.69, 9.17) is 4.74 Å². The average molecular weight is 273 g/mol. The smallest absolute Gasteiger partial charge is 0.352 e. The predicted molar refractivity (Wildman–Crippen MR) is 77.3 cm³/mol. The fourth-order valence-corrected chi connectivity index (χ4v) is 2.82. The van der Waals surface area contributed by atoms with E-state index in [1.807, 2.05) is 16.7 Å². The van der Waals surface area contributed by atoms with Crippen molar-refractivity contribution in [3.63, 3.8) is 0 Å². The van der Waals surface area contributed by atoms with Gasteiger partial charge in [-0.1, -0.05) is 32.0 Å². The van der Waals surface area contributed by atoms with E-state index in [0.29, 0.717) is 18.2 Å². The molecule has 1 N–H and O–H groups in total. The second-order valence-corrected chi connectivity index (χ2v) is 5.67. The highest BCUT2D eigenvalue weighted by molar-refractivity contribution is 5.96. The Labute approximate surface area is 118 Å². The highest BCUT2D eigenvalue weighted by atomic mass is 16.5. The molecule has 0 bridgehead atoms. The van der Waals surface area contributed by atoms with Crippen molar-refractivity contribution >= 4 is 16.9 Å². The Hall–Kier alpha value is -1.81. The molecule has 20 heavy (non-hydrogen) atoms. The molecule has 106 valence electrons. The fourth-order valence-electron chi connectivity index (χ4n) is 2.82. The van der Waals surface area contributed by atoms with Crippen molar-refractivity contribution in [3.05, 3.63) is 35.5 Å². The van der Waals surface area contributed by atoms with E-state index in [9.17, 15) is 9.90 Å². The van der Waals surface area contributed by atoms with E-state index in [0.717, 1.165) is 23.9 Å². The minimum absolute atomic E-state index is 0.143. The summed E-state index contributed by atoms with van der Waals surface area (Å²) in [7, 11) is 0. The third-order valence-electron chi connectivity index (χ3n) is 3.97. The van der Waals surface area contributed by atoms with Crippen LogP contribution >= 0.6 is 0 Å². The van der Waals surface area contributed by atoms with Gasteiger partial charge in [-0.2, -0.15) is 0 Å². The van der Waals surface area contributed by atoms with Gasteiger partial charge in [0.15, 0.2) is 0 Å². The van der Waals surface area contributed by atoms with Crippen molar-refractivity contribution in [1.82, 2.24) is 4.57 Å². The molecule has 1 unspecified atom stereocenters. The molecule has 1 fully saturated rings. The van der Waals surface area contributed by atoms with Gasteiger partial charge < -0.3 is 14.4 Å². The number of carbonyl (C=O) groups is 1. The lowest BCUT2D eigenvalue weighted by Crippen LogP contribution is -2.32. The summed E-state index contributed by atoms with van der Waals surface area (Å²) in [5, 5.41) is 10.4. The number of hydrogen-bond donors (Lipinski definition) is 1. The highest BCUT2D eigenvalue weighted by Crippen LogP contribution is 2.30. The quantitative estimate of drug-likeness (QED) is 0.930. The van der Waals surface area contributed by atoms with Gasteiger partial charge in [0.25, 0.3) is 0 Å². The van der Waals surface area contributed by atoms with E-state index >= 15 is 0 Å². The van der Waals surface area contributed by atoms with Crippen LogP contribution in [-0.2, 0) is 11.3 Å². The Kier molecular flexibility index (Phi) is 3.26. The molecule has 4 heteroatoms. The number of carboxylic acid groups (broad SMARTS) is 1. The van der Waals surface area contributed by atoms with E-state index in [1.165, 1.54) is 5.56 Å². The van der Waals surface area contributed by atoms with Gasteiger partial charge in [0.1, 0.15) is 5.69 Å². The normalized spacial score (nSPS) is 18.4. The summed E-state index contributed by atoms with van der Waals surface area (Å²) < 4.78 is 7.39. The Balaban J connectivity index is 2.19. The van der Waals surface area contributed by atoms with Crippen molar-refractivity contribution in [2.45, 2.75) is 38.8 Å². The molecule has 0 radical (unpaired) electrons. The second-order valence-electron chi connectivity index (χ2n) is 5.67. The van der Waals surface area contributed by atoms with Gasteiger partial charge in [0, 0.05) is 18.5 Å². The van der Waals surface area contributed by atoms with E-state index in [1.54, 1.807) is 6.07 Å². The Bertz CT molecular complexity index is 653. The van der Waals surface area contributed by atoms with Crippen LogP contribution in [0.5, 0.6) is 0 Å². The van der Waals surface area contributed by atoms with Crippen LogP contribution in [0.3, 0.4) is 0 Å². The van der Waals surface area contributed by atoms with Gasteiger partial charge in [-0.25, -0.2) is 4.79 Å². The predicted octanol–water partition coefficient (Wildman–Crippen LogP) is 3.25. The molecule has 1 aliphatic rings. The fraction of sp³-hybridized carbons (Fsp3) is 0.438. The SMILES string of the molecule is CC(C)c1cccc2cc(C(=O)O)n(CC3CCO3)c12. The Morgan fingerprint density at radius 3 is 2.80 bits per heavy atom. The first-order valence-electron chi connectivity index (χ1n) is 7.05. The van der Waals surface area contributed by atoms with Crippen LogP contribution in [0.1, 0.15) is 42.2 Å². The first-order valence-corrected chi connectivity index (χ1v) is 7.05. The largest absolute Gasteiger partial charge is 0.477 e. The summed E-state index contributed by atoms with van der Waals surface area (Å²) in [6.45, 7) is 5.66. The highest BCUT2D eigenvalue weighted by Gasteiger charge is 2.24. The lowest BCUT2D eigenvalue weighted by molar-refractivity contribution is -0.0588. The molecule has 1 aliphatic heterocycles. The summed E-state index contributed by atoms with van der Waals surface area (Å²) in [5.74, 6) is -0.522. The molecule has 2 aromatic rings. The van der Waals surface area contributed by atoms with Gasteiger partial charge in [-0.3, -0.25) is 0 Å². The molecule has 1 atom stereocenters. The van der Waals surface area contributed by atoms with Crippen LogP contribution in [0.2, 0.25) is 0 Å². The number of hydrogen-bond acceptors (Lipinski definition) is 2. The lowest BCUT2D eigenvalue weighted by Gasteiger charge is -2.28. The van der Waals surface area contributed by atoms with Crippen LogP contribution in [-0.4, -0.2) is 28.4 Å².